The van der Waals surface area contributed by atoms with Gasteiger partial charge in [0.2, 0.25) is 5.91 Å². The number of benzene rings is 2. The highest BCUT2D eigenvalue weighted by Gasteiger charge is 2.32. The van der Waals surface area contributed by atoms with Gasteiger partial charge in [-0.25, -0.2) is 8.42 Å². The first kappa shape index (κ1) is 27.5. The maximum Gasteiger partial charge on any atom is 0.227 e. The first-order chi connectivity index (χ1) is 18.3. The van der Waals surface area contributed by atoms with E-state index in [1.54, 1.807) is 53.7 Å². The summed E-state index contributed by atoms with van der Waals surface area (Å²) in [6.07, 6.45) is 6.25. The highest BCUT2D eigenvalue weighted by atomic mass is 32.2. The summed E-state index contributed by atoms with van der Waals surface area (Å²) in [6, 6.07) is 17.6. The number of rotatable bonds is 10. The molecule has 1 saturated heterocycles. The van der Waals surface area contributed by atoms with Crippen molar-refractivity contribution >= 4 is 21.6 Å². The van der Waals surface area contributed by atoms with E-state index in [0.717, 1.165) is 36.0 Å². The smallest absolute Gasteiger partial charge is 0.227 e. The standard InChI is InChI=1S/C29H35N5O3S/c30-12-7-21-10-15-34(16-11-21)29(35)26(18-22-3-1-5-25(17-22)28(31)32)20-38(36,37)27-6-2-4-24(19-27)23-8-13-33-14-9-23/h1-6,8-9,13-14,17,19,21,26H,7,10-12,15-16,18,20,30H2,(H3,31,32). The summed E-state index contributed by atoms with van der Waals surface area (Å²) in [6.45, 7) is 1.83. The van der Waals surface area contributed by atoms with Crippen LogP contribution in [0.2, 0.25) is 0 Å². The number of piperidine rings is 1. The first-order valence-electron chi connectivity index (χ1n) is 12.9. The number of nitrogens with one attached hydrogen (secondary N) is 1. The third kappa shape index (κ3) is 6.85. The Kier molecular flexibility index (Phi) is 8.91. The molecule has 1 aliphatic rings. The molecule has 0 radical (unpaired) electrons. The number of amidine groups is 1. The zero-order chi connectivity index (χ0) is 27.1. The molecule has 1 unspecified atom stereocenters. The SMILES string of the molecule is N=C(N)c1cccc(CC(CS(=O)(=O)c2cccc(-c3ccncc3)c2)C(=O)N2CCC(CCN)CC2)c1. The van der Waals surface area contributed by atoms with Crippen molar-refractivity contribution in [2.24, 2.45) is 23.3 Å². The Morgan fingerprint density at radius 3 is 2.42 bits per heavy atom. The summed E-state index contributed by atoms with van der Waals surface area (Å²) in [5.41, 5.74) is 14.3. The highest BCUT2D eigenvalue weighted by Crippen LogP contribution is 2.27. The van der Waals surface area contributed by atoms with Gasteiger partial charge in [0.25, 0.3) is 0 Å². The second-order valence-electron chi connectivity index (χ2n) is 9.91. The van der Waals surface area contributed by atoms with Crippen LogP contribution in [0, 0.1) is 17.2 Å². The monoisotopic (exact) mass is 533 g/mol. The van der Waals surface area contributed by atoms with Crippen molar-refractivity contribution in [1.82, 2.24) is 9.88 Å². The minimum atomic E-state index is -3.79. The molecule has 4 rings (SSSR count). The minimum absolute atomic E-state index is 0.0720. The number of carbonyl (C=O) groups excluding carboxylic acids is 1. The predicted molar refractivity (Wildman–Crippen MR) is 149 cm³/mol. The molecular formula is C29H35N5O3S. The molecule has 1 atom stereocenters. The van der Waals surface area contributed by atoms with Gasteiger partial charge in [0.15, 0.2) is 9.84 Å². The van der Waals surface area contributed by atoms with Gasteiger partial charge in [0, 0.05) is 31.0 Å². The summed E-state index contributed by atoms with van der Waals surface area (Å²) < 4.78 is 27.3. The summed E-state index contributed by atoms with van der Waals surface area (Å²) in [7, 11) is -3.79. The number of amides is 1. The van der Waals surface area contributed by atoms with Gasteiger partial charge in [-0.2, -0.15) is 0 Å². The Bertz CT molecular complexity index is 1370. The van der Waals surface area contributed by atoms with Crippen LogP contribution in [0.15, 0.2) is 78.0 Å². The number of pyridine rings is 1. The van der Waals surface area contributed by atoms with Crippen molar-refractivity contribution in [3.05, 3.63) is 84.2 Å². The summed E-state index contributed by atoms with van der Waals surface area (Å²) in [4.78, 5) is 19.8. The van der Waals surface area contributed by atoms with E-state index in [4.69, 9.17) is 16.9 Å². The van der Waals surface area contributed by atoms with Crippen molar-refractivity contribution in [3.63, 3.8) is 0 Å². The van der Waals surface area contributed by atoms with Crippen LogP contribution in [-0.4, -0.2) is 55.4 Å². The normalized spacial score (nSPS) is 15.2. The molecule has 1 aromatic heterocycles. The Hall–Kier alpha value is -3.56. The fraction of sp³-hybridized carbons (Fsp3) is 0.345. The lowest BCUT2D eigenvalue weighted by atomic mass is 9.92. The fourth-order valence-electron chi connectivity index (χ4n) is 5.08. The number of carbonyl (C=O) groups is 1. The van der Waals surface area contributed by atoms with E-state index in [-0.39, 0.29) is 28.8 Å². The van der Waals surface area contributed by atoms with E-state index >= 15 is 0 Å². The summed E-state index contributed by atoms with van der Waals surface area (Å²) in [5, 5.41) is 7.75. The van der Waals surface area contributed by atoms with Crippen LogP contribution in [-0.2, 0) is 21.1 Å². The maximum absolute atomic E-state index is 13.7. The molecule has 2 aromatic carbocycles. The molecular weight excluding hydrogens is 498 g/mol. The zero-order valence-electron chi connectivity index (χ0n) is 21.4. The van der Waals surface area contributed by atoms with Crippen molar-refractivity contribution in [3.8, 4) is 11.1 Å². The van der Waals surface area contributed by atoms with Gasteiger partial charge in [0.1, 0.15) is 5.84 Å². The van der Waals surface area contributed by atoms with E-state index in [2.05, 4.69) is 4.98 Å². The van der Waals surface area contributed by atoms with Crippen LogP contribution >= 0.6 is 0 Å². The molecule has 1 aliphatic heterocycles. The number of hydrogen-bond acceptors (Lipinski definition) is 6. The average molecular weight is 534 g/mol. The molecule has 0 aliphatic carbocycles. The van der Waals surface area contributed by atoms with Crippen LogP contribution in [0.1, 0.15) is 30.4 Å². The quantitative estimate of drug-likeness (QED) is 0.270. The van der Waals surface area contributed by atoms with E-state index in [1.165, 1.54) is 0 Å². The second-order valence-corrected chi connectivity index (χ2v) is 11.9. The number of aromatic nitrogens is 1. The molecule has 9 heteroatoms. The maximum atomic E-state index is 13.7. The molecule has 38 heavy (non-hydrogen) atoms. The van der Waals surface area contributed by atoms with Gasteiger partial charge in [-0.3, -0.25) is 15.2 Å². The minimum Gasteiger partial charge on any atom is -0.384 e. The lowest BCUT2D eigenvalue weighted by Gasteiger charge is -2.34. The summed E-state index contributed by atoms with van der Waals surface area (Å²) >= 11 is 0. The Labute approximate surface area is 224 Å². The average Bonchev–Trinajstić information content (AvgIpc) is 2.93. The molecule has 1 fully saturated rings. The molecule has 0 saturated carbocycles. The third-order valence-corrected chi connectivity index (χ3v) is 9.01. The topological polar surface area (TPSA) is 143 Å². The molecule has 0 spiro atoms. The lowest BCUT2D eigenvalue weighted by molar-refractivity contribution is -0.136. The van der Waals surface area contributed by atoms with E-state index in [9.17, 15) is 13.2 Å². The Morgan fingerprint density at radius 2 is 1.74 bits per heavy atom. The number of sulfone groups is 1. The predicted octanol–water partition coefficient (Wildman–Crippen LogP) is 3.25. The van der Waals surface area contributed by atoms with Gasteiger partial charge >= 0.3 is 0 Å². The number of nitrogens with two attached hydrogens (primary N) is 2. The molecule has 200 valence electrons. The number of hydrogen-bond donors (Lipinski definition) is 3. The lowest BCUT2D eigenvalue weighted by Crippen LogP contribution is -2.44. The van der Waals surface area contributed by atoms with Crippen LogP contribution in [0.4, 0.5) is 0 Å². The van der Waals surface area contributed by atoms with Crippen LogP contribution in [0.3, 0.4) is 0 Å². The molecule has 2 heterocycles. The van der Waals surface area contributed by atoms with Crippen LogP contribution in [0.25, 0.3) is 11.1 Å². The van der Waals surface area contributed by atoms with Gasteiger partial charge in [0.05, 0.1) is 16.6 Å². The van der Waals surface area contributed by atoms with Gasteiger partial charge in [-0.1, -0.05) is 30.3 Å². The molecule has 8 nitrogen and oxygen atoms in total. The largest absolute Gasteiger partial charge is 0.384 e. The summed E-state index contributed by atoms with van der Waals surface area (Å²) in [5.74, 6) is -0.804. The van der Waals surface area contributed by atoms with Gasteiger partial charge in [-0.05, 0) is 85.2 Å². The van der Waals surface area contributed by atoms with Crippen molar-refractivity contribution < 1.29 is 13.2 Å². The van der Waals surface area contributed by atoms with Gasteiger partial charge < -0.3 is 16.4 Å². The fourth-order valence-corrected chi connectivity index (χ4v) is 6.65. The van der Waals surface area contributed by atoms with Crippen LogP contribution < -0.4 is 11.5 Å². The molecule has 3 aromatic rings. The Balaban J connectivity index is 1.60. The molecule has 0 bridgehead atoms. The Morgan fingerprint density at radius 1 is 1.03 bits per heavy atom. The van der Waals surface area contributed by atoms with Crippen LogP contribution in [0.5, 0.6) is 0 Å². The second kappa shape index (κ2) is 12.3. The zero-order valence-corrected chi connectivity index (χ0v) is 22.2. The highest BCUT2D eigenvalue weighted by molar-refractivity contribution is 7.91. The third-order valence-electron chi connectivity index (χ3n) is 7.20. The number of nitrogen functional groups attached to an aromatic ring is 1. The number of likely N-dealkylation sites (tertiary alicyclic amines) is 1. The molecule has 1 amide bonds. The molecule has 5 N–H and O–H groups in total. The van der Waals surface area contributed by atoms with Gasteiger partial charge in [-0.15, -0.1) is 0 Å². The van der Waals surface area contributed by atoms with Crippen molar-refractivity contribution in [2.75, 3.05) is 25.4 Å². The van der Waals surface area contributed by atoms with Crippen molar-refractivity contribution in [1.29, 1.82) is 5.41 Å². The number of nitrogens with zero attached hydrogens (tertiary/aromatic N) is 2. The van der Waals surface area contributed by atoms with E-state index in [1.807, 2.05) is 24.3 Å². The van der Waals surface area contributed by atoms with Crippen molar-refractivity contribution in [2.45, 2.75) is 30.6 Å². The van der Waals surface area contributed by atoms with E-state index < -0.39 is 15.8 Å². The van der Waals surface area contributed by atoms with E-state index in [0.29, 0.717) is 31.1 Å². The first-order valence-corrected chi connectivity index (χ1v) is 14.6.